The minimum absolute atomic E-state index is 0.186. The Balaban J connectivity index is 1.45. The number of nitrogens with zero attached hydrogens (tertiary/aromatic N) is 4. The lowest BCUT2D eigenvalue weighted by Crippen LogP contribution is -2.17. The van der Waals surface area contributed by atoms with Gasteiger partial charge in [0.05, 0.1) is 23.3 Å². The van der Waals surface area contributed by atoms with E-state index in [2.05, 4.69) is 21.5 Å². The second-order valence-corrected chi connectivity index (χ2v) is 8.16. The highest BCUT2D eigenvalue weighted by Gasteiger charge is 2.17. The second kappa shape index (κ2) is 9.90. The van der Waals surface area contributed by atoms with Crippen molar-refractivity contribution in [3.05, 3.63) is 75.9 Å². The quantitative estimate of drug-likeness (QED) is 0.343. The van der Waals surface area contributed by atoms with Crippen LogP contribution in [0.4, 0.5) is 5.82 Å². The number of hydrogen-bond acceptors (Lipinski definition) is 5. The maximum absolute atomic E-state index is 12.6. The lowest BCUT2D eigenvalue weighted by molar-refractivity contribution is -0.116. The predicted molar refractivity (Wildman–Crippen MR) is 128 cm³/mol. The van der Waals surface area contributed by atoms with Crippen molar-refractivity contribution in [3.63, 3.8) is 0 Å². The summed E-state index contributed by atoms with van der Waals surface area (Å²) in [7, 11) is 0. The summed E-state index contributed by atoms with van der Waals surface area (Å²) in [6, 6.07) is 16.7. The molecule has 0 radical (unpaired) electrons. The van der Waals surface area contributed by atoms with Gasteiger partial charge in [-0.15, -0.1) is 0 Å². The van der Waals surface area contributed by atoms with Gasteiger partial charge in [-0.25, -0.2) is 4.98 Å². The summed E-state index contributed by atoms with van der Waals surface area (Å²) in [5.41, 5.74) is 2.07. The van der Waals surface area contributed by atoms with Crippen molar-refractivity contribution in [1.82, 2.24) is 14.8 Å². The Hall–Kier alpha value is -3.60. The molecule has 0 fully saturated rings. The van der Waals surface area contributed by atoms with Gasteiger partial charge in [0.1, 0.15) is 17.4 Å². The van der Waals surface area contributed by atoms with E-state index in [1.54, 1.807) is 18.2 Å². The minimum atomic E-state index is -0.267. The van der Waals surface area contributed by atoms with Gasteiger partial charge in [0.25, 0.3) is 0 Å². The number of para-hydroxylation sites is 1. The molecule has 0 aliphatic heterocycles. The third-order valence-electron chi connectivity index (χ3n) is 4.97. The van der Waals surface area contributed by atoms with Gasteiger partial charge >= 0.3 is 0 Å². The van der Waals surface area contributed by atoms with Gasteiger partial charge in [0.2, 0.25) is 5.91 Å². The standard InChI is InChI=1S/C24H19Cl2N5O2/c1-15-11-22(29-20-6-3-2-5-18(15)20)31-24(16(13-27)14-28-31)30-23(32)7-4-10-33-21-9-8-17(25)12-19(21)26/h2-3,5-6,8-9,11-12,14H,4,7,10H2,1H3,(H,30,32). The second-order valence-electron chi connectivity index (χ2n) is 7.32. The van der Waals surface area contributed by atoms with E-state index in [1.165, 1.54) is 10.9 Å². The number of aryl methyl sites for hydroxylation is 1. The first kappa shape index (κ1) is 22.6. The number of rotatable bonds is 7. The average molecular weight is 480 g/mol. The number of ether oxygens (including phenoxy) is 1. The van der Waals surface area contributed by atoms with Crippen molar-refractivity contribution in [3.8, 4) is 17.6 Å². The number of fused-ring (bicyclic) bond motifs is 1. The summed E-state index contributed by atoms with van der Waals surface area (Å²) in [4.78, 5) is 17.2. The van der Waals surface area contributed by atoms with Crippen LogP contribution in [0.1, 0.15) is 24.0 Å². The third kappa shape index (κ3) is 5.08. The van der Waals surface area contributed by atoms with E-state index >= 15 is 0 Å². The van der Waals surface area contributed by atoms with Crippen molar-refractivity contribution < 1.29 is 9.53 Å². The highest BCUT2D eigenvalue weighted by Crippen LogP contribution is 2.28. The maximum atomic E-state index is 12.6. The van der Waals surface area contributed by atoms with Crippen molar-refractivity contribution in [2.45, 2.75) is 19.8 Å². The van der Waals surface area contributed by atoms with Gasteiger partial charge in [-0.2, -0.15) is 15.0 Å². The van der Waals surface area contributed by atoms with Gasteiger partial charge < -0.3 is 10.1 Å². The Labute approximate surface area is 200 Å². The number of nitriles is 1. The van der Waals surface area contributed by atoms with Gasteiger partial charge in [-0.05, 0) is 49.2 Å². The fourth-order valence-corrected chi connectivity index (χ4v) is 3.83. The monoisotopic (exact) mass is 479 g/mol. The molecule has 0 bridgehead atoms. The van der Waals surface area contributed by atoms with Crippen LogP contribution in [-0.4, -0.2) is 27.3 Å². The minimum Gasteiger partial charge on any atom is -0.492 e. The smallest absolute Gasteiger partial charge is 0.225 e. The molecule has 9 heteroatoms. The molecule has 2 aromatic heterocycles. The van der Waals surface area contributed by atoms with Crippen LogP contribution < -0.4 is 10.1 Å². The van der Waals surface area contributed by atoms with Gasteiger partial charge in [-0.1, -0.05) is 41.4 Å². The molecule has 166 valence electrons. The fraction of sp³-hybridized carbons (Fsp3) is 0.167. The first-order chi connectivity index (χ1) is 16.0. The number of amides is 1. The van der Waals surface area contributed by atoms with Gasteiger partial charge in [-0.3, -0.25) is 4.79 Å². The molecule has 0 saturated heterocycles. The van der Waals surface area contributed by atoms with E-state index < -0.39 is 0 Å². The maximum Gasteiger partial charge on any atom is 0.225 e. The molecule has 0 saturated carbocycles. The van der Waals surface area contributed by atoms with Crippen LogP contribution in [0.3, 0.4) is 0 Å². The molecule has 0 atom stereocenters. The molecular weight excluding hydrogens is 461 g/mol. The third-order valence-corrected chi connectivity index (χ3v) is 5.50. The molecule has 33 heavy (non-hydrogen) atoms. The average Bonchev–Trinajstić information content (AvgIpc) is 3.20. The number of nitrogens with one attached hydrogen (secondary N) is 1. The zero-order valence-corrected chi connectivity index (χ0v) is 19.2. The van der Waals surface area contributed by atoms with E-state index in [0.717, 1.165) is 16.5 Å². The molecule has 7 nitrogen and oxygen atoms in total. The Morgan fingerprint density at radius 1 is 1.21 bits per heavy atom. The highest BCUT2D eigenvalue weighted by atomic mass is 35.5. The van der Waals surface area contributed by atoms with Gasteiger partial charge in [0, 0.05) is 16.8 Å². The van der Waals surface area contributed by atoms with Crippen LogP contribution in [0.5, 0.6) is 5.75 Å². The molecule has 0 aliphatic rings. The molecule has 0 unspecified atom stereocenters. The van der Waals surface area contributed by atoms with E-state index in [0.29, 0.717) is 34.6 Å². The van der Waals surface area contributed by atoms with Crippen molar-refractivity contribution in [2.75, 3.05) is 11.9 Å². The number of pyridine rings is 1. The topological polar surface area (TPSA) is 92.8 Å². The van der Waals surface area contributed by atoms with Crippen molar-refractivity contribution >= 4 is 45.8 Å². The Bertz CT molecular complexity index is 1380. The summed E-state index contributed by atoms with van der Waals surface area (Å²) in [5.74, 6) is 1.04. The zero-order valence-electron chi connectivity index (χ0n) is 17.7. The first-order valence-electron chi connectivity index (χ1n) is 10.2. The Kier molecular flexibility index (Phi) is 6.78. The molecule has 4 aromatic rings. The molecule has 0 spiro atoms. The summed E-state index contributed by atoms with van der Waals surface area (Å²) >= 11 is 12.0. The number of hydrogen-bond donors (Lipinski definition) is 1. The number of carbonyl (C=O) groups excluding carboxylic acids is 1. The van der Waals surface area contributed by atoms with E-state index in [1.807, 2.05) is 37.3 Å². The van der Waals surface area contributed by atoms with E-state index in [-0.39, 0.29) is 23.7 Å². The molecule has 2 heterocycles. The van der Waals surface area contributed by atoms with Crippen LogP contribution in [-0.2, 0) is 4.79 Å². The van der Waals surface area contributed by atoms with Crippen molar-refractivity contribution in [1.29, 1.82) is 5.26 Å². The Morgan fingerprint density at radius 3 is 2.82 bits per heavy atom. The molecule has 1 N–H and O–H groups in total. The van der Waals surface area contributed by atoms with Crippen molar-refractivity contribution in [2.24, 2.45) is 0 Å². The SMILES string of the molecule is Cc1cc(-n2ncc(C#N)c2NC(=O)CCCOc2ccc(Cl)cc2Cl)nc2ccccc12. The van der Waals surface area contributed by atoms with E-state index in [9.17, 15) is 10.1 Å². The number of halogens is 2. The normalized spacial score (nSPS) is 10.7. The number of aromatic nitrogens is 3. The molecular formula is C24H19Cl2N5O2. The first-order valence-corrected chi connectivity index (χ1v) is 10.9. The van der Waals surface area contributed by atoms with Crippen LogP contribution in [0.15, 0.2) is 54.7 Å². The van der Waals surface area contributed by atoms with E-state index in [4.69, 9.17) is 27.9 Å². The molecule has 4 rings (SSSR count). The summed E-state index contributed by atoms with van der Waals surface area (Å²) in [6.45, 7) is 2.28. The highest BCUT2D eigenvalue weighted by molar-refractivity contribution is 6.35. The predicted octanol–water partition coefficient (Wildman–Crippen LogP) is 5.71. The largest absolute Gasteiger partial charge is 0.492 e. The number of carbonyl (C=O) groups is 1. The van der Waals surface area contributed by atoms with Gasteiger partial charge in [0.15, 0.2) is 11.6 Å². The lowest BCUT2D eigenvalue weighted by atomic mass is 10.1. The molecule has 0 aliphatic carbocycles. The van der Waals surface area contributed by atoms with Crippen LogP contribution in [0.25, 0.3) is 16.7 Å². The summed E-state index contributed by atoms with van der Waals surface area (Å²) in [5, 5.41) is 18.5. The number of benzene rings is 2. The zero-order chi connectivity index (χ0) is 23.4. The molecule has 1 amide bonds. The fourth-order valence-electron chi connectivity index (χ4n) is 3.37. The van der Waals surface area contributed by atoms with Crippen LogP contribution in [0, 0.1) is 18.3 Å². The number of anilines is 1. The summed E-state index contributed by atoms with van der Waals surface area (Å²) in [6.07, 6.45) is 2.05. The van der Waals surface area contributed by atoms with Crippen LogP contribution >= 0.6 is 23.2 Å². The lowest BCUT2D eigenvalue weighted by Gasteiger charge is -2.11. The molecule has 2 aromatic carbocycles. The summed E-state index contributed by atoms with van der Waals surface area (Å²) < 4.78 is 7.09. The Morgan fingerprint density at radius 2 is 2.03 bits per heavy atom. The van der Waals surface area contributed by atoms with Crippen LogP contribution in [0.2, 0.25) is 10.0 Å².